The highest BCUT2D eigenvalue weighted by Gasteiger charge is 2.39. The van der Waals surface area contributed by atoms with E-state index in [9.17, 15) is 9.90 Å². The second-order valence-corrected chi connectivity index (χ2v) is 6.29. The number of hydrogen-bond donors (Lipinski definition) is 2. The van der Waals surface area contributed by atoms with Gasteiger partial charge in [-0.05, 0) is 26.7 Å². The van der Waals surface area contributed by atoms with Crippen molar-refractivity contribution in [1.82, 2.24) is 4.98 Å². The van der Waals surface area contributed by atoms with Crippen LogP contribution in [0.5, 0.6) is 0 Å². The summed E-state index contributed by atoms with van der Waals surface area (Å²) in [6.07, 6.45) is 5.60. The van der Waals surface area contributed by atoms with E-state index in [1.165, 1.54) is 0 Å². The first-order chi connectivity index (χ1) is 8.53. The molecule has 4 nitrogen and oxygen atoms in total. The number of anilines is 1. The molecule has 1 heterocycles. The number of carbonyl (C=O) groups is 1. The standard InChI is InChI=1S/C13H20N2O2S/c1-9-10(2)18-12(14-9)15-13(11(16)17)7-5-3-4-6-8-13/h3-8H2,1-2H3,(H,14,15)(H,16,17). The van der Waals surface area contributed by atoms with E-state index in [1.807, 2.05) is 13.8 Å². The first-order valence-electron chi connectivity index (χ1n) is 6.49. The van der Waals surface area contributed by atoms with Gasteiger partial charge in [-0.3, -0.25) is 0 Å². The molecule has 18 heavy (non-hydrogen) atoms. The van der Waals surface area contributed by atoms with Crippen molar-refractivity contribution in [3.05, 3.63) is 10.6 Å². The molecular formula is C13H20N2O2S. The molecule has 1 aliphatic carbocycles. The van der Waals surface area contributed by atoms with Crippen LogP contribution in [0.25, 0.3) is 0 Å². The molecule has 0 aromatic carbocycles. The normalized spacial score (nSPS) is 19.2. The molecule has 0 atom stereocenters. The minimum atomic E-state index is -0.812. The van der Waals surface area contributed by atoms with Crippen molar-refractivity contribution in [2.75, 3.05) is 5.32 Å². The number of aromatic nitrogens is 1. The van der Waals surface area contributed by atoms with Crippen molar-refractivity contribution in [3.63, 3.8) is 0 Å². The van der Waals surface area contributed by atoms with Gasteiger partial charge < -0.3 is 10.4 Å². The van der Waals surface area contributed by atoms with Gasteiger partial charge in [-0.25, -0.2) is 9.78 Å². The second-order valence-electron chi connectivity index (χ2n) is 5.09. The summed E-state index contributed by atoms with van der Waals surface area (Å²) in [6.45, 7) is 3.97. The maximum atomic E-state index is 11.6. The van der Waals surface area contributed by atoms with Crippen molar-refractivity contribution in [1.29, 1.82) is 0 Å². The summed E-state index contributed by atoms with van der Waals surface area (Å²) in [6, 6.07) is 0. The Labute approximate surface area is 111 Å². The van der Waals surface area contributed by atoms with Crippen LogP contribution in [0.15, 0.2) is 0 Å². The van der Waals surface area contributed by atoms with Crippen LogP contribution in [0, 0.1) is 13.8 Å². The van der Waals surface area contributed by atoms with Gasteiger partial charge in [0.25, 0.3) is 0 Å². The second kappa shape index (κ2) is 5.26. The van der Waals surface area contributed by atoms with E-state index in [4.69, 9.17) is 0 Å². The Bertz CT molecular complexity index is 415. The average Bonchev–Trinajstić information content (AvgIpc) is 2.54. The first kappa shape index (κ1) is 13.3. The molecule has 1 aliphatic rings. The van der Waals surface area contributed by atoms with Crippen LogP contribution in [0.2, 0.25) is 0 Å². The number of thiazole rings is 1. The summed E-state index contributed by atoms with van der Waals surface area (Å²) in [5.74, 6) is -0.741. The largest absolute Gasteiger partial charge is 0.480 e. The predicted octanol–water partition coefficient (Wildman–Crippen LogP) is 3.35. The van der Waals surface area contributed by atoms with E-state index in [-0.39, 0.29) is 0 Å². The number of hydrogen-bond acceptors (Lipinski definition) is 4. The summed E-state index contributed by atoms with van der Waals surface area (Å²) >= 11 is 1.55. The molecule has 0 radical (unpaired) electrons. The minimum Gasteiger partial charge on any atom is -0.480 e. The molecule has 1 aromatic heterocycles. The van der Waals surface area contributed by atoms with Crippen molar-refractivity contribution >= 4 is 22.4 Å². The summed E-state index contributed by atoms with van der Waals surface area (Å²) in [7, 11) is 0. The molecule has 0 saturated heterocycles. The Balaban J connectivity index is 2.22. The Morgan fingerprint density at radius 2 is 1.89 bits per heavy atom. The van der Waals surface area contributed by atoms with Gasteiger partial charge in [0.15, 0.2) is 5.13 Å². The van der Waals surface area contributed by atoms with Gasteiger partial charge in [-0.1, -0.05) is 25.7 Å². The molecule has 0 unspecified atom stereocenters. The Morgan fingerprint density at radius 3 is 2.33 bits per heavy atom. The molecular weight excluding hydrogens is 248 g/mol. The number of aryl methyl sites for hydroxylation is 2. The quantitative estimate of drug-likeness (QED) is 0.825. The number of nitrogens with one attached hydrogen (secondary N) is 1. The number of nitrogens with zero attached hydrogens (tertiary/aromatic N) is 1. The minimum absolute atomic E-state index is 0.694. The lowest BCUT2D eigenvalue weighted by Gasteiger charge is -2.28. The zero-order valence-corrected chi connectivity index (χ0v) is 11.8. The number of carboxylic acids is 1. The van der Waals surface area contributed by atoms with E-state index in [2.05, 4.69) is 10.3 Å². The van der Waals surface area contributed by atoms with Gasteiger partial charge in [0.2, 0.25) is 0 Å². The van der Waals surface area contributed by atoms with E-state index in [0.29, 0.717) is 12.8 Å². The van der Waals surface area contributed by atoms with Crippen molar-refractivity contribution in [3.8, 4) is 0 Å². The van der Waals surface area contributed by atoms with Gasteiger partial charge in [0.1, 0.15) is 5.54 Å². The highest BCUT2D eigenvalue weighted by molar-refractivity contribution is 7.15. The number of aliphatic carboxylic acids is 1. The Morgan fingerprint density at radius 1 is 1.28 bits per heavy atom. The van der Waals surface area contributed by atoms with Gasteiger partial charge in [0.05, 0.1) is 5.69 Å². The first-order valence-corrected chi connectivity index (χ1v) is 7.31. The van der Waals surface area contributed by atoms with Crippen LogP contribution in [0.1, 0.15) is 49.1 Å². The van der Waals surface area contributed by atoms with Gasteiger partial charge in [-0.15, -0.1) is 11.3 Å². The fourth-order valence-corrected chi connectivity index (χ4v) is 3.37. The van der Waals surface area contributed by atoms with Crippen LogP contribution < -0.4 is 5.32 Å². The number of carboxylic acid groups (broad SMARTS) is 1. The van der Waals surface area contributed by atoms with E-state index in [0.717, 1.165) is 41.4 Å². The van der Waals surface area contributed by atoms with Crippen molar-refractivity contribution in [2.45, 2.75) is 57.9 Å². The molecule has 1 fully saturated rings. The van der Waals surface area contributed by atoms with Crippen molar-refractivity contribution < 1.29 is 9.90 Å². The van der Waals surface area contributed by atoms with E-state index in [1.54, 1.807) is 11.3 Å². The average molecular weight is 268 g/mol. The summed E-state index contributed by atoms with van der Waals surface area (Å²) in [5, 5.41) is 13.5. The Kier molecular flexibility index (Phi) is 3.90. The summed E-state index contributed by atoms with van der Waals surface area (Å²) < 4.78 is 0. The molecule has 5 heteroatoms. The maximum Gasteiger partial charge on any atom is 0.329 e. The maximum absolute atomic E-state index is 11.6. The third kappa shape index (κ3) is 2.66. The smallest absolute Gasteiger partial charge is 0.329 e. The van der Waals surface area contributed by atoms with Gasteiger partial charge >= 0.3 is 5.97 Å². The predicted molar refractivity (Wildman–Crippen MR) is 73.3 cm³/mol. The summed E-state index contributed by atoms with van der Waals surface area (Å²) in [4.78, 5) is 17.2. The molecule has 1 aromatic rings. The van der Waals surface area contributed by atoms with Crippen molar-refractivity contribution in [2.24, 2.45) is 0 Å². The van der Waals surface area contributed by atoms with Crippen LogP contribution >= 0.6 is 11.3 Å². The van der Waals surface area contributed by atoms with Crippen LogP contribution in [-0.2, 0) is 4.79 Å². The molecule has 0 spiro atoms. The van der Waals surface area contributed by atoms with Crippen LogP contribution in [-0.4, -0.2) is 21.6 Å². The molecule has 2 N–H and O–H groups in total. The molecule has 2 rings (SSSR count). The molecule has 1 saturated carbocycles. The van der Waals surface area contributed by atoms with Gasteiger partial charge in [0, 0.05) is 4.88 Å². The number of rotatable bonds is 3. The van der Waals surface area contributed by atoms with E-state index >= 15 is 0 Å². The van der Waals surface area contributed by atoms with Crippen LogP contribution in [0.4, 0.5) is 5.13 Å². The lowest BCUT2D eigenvalue weighted by atomic mass is 9.90. The molecule has 0 amide bonds. The molecule has 100 valence electrons. The van der Waals surface area contributed by atoms with E-state index < -0.39 is 11.5 Å². The zero-order chi connectivity index (χ0) is 13.2. The third-order valence-corrected chi connectivity index (χ3v) is 4.73. The lowest BCUT2D eigenvalue weighted by Crippen LogP contribution is -2.45. The molecule has 0 bridgehead atoms. The highest BCUT2D eigenvalue weighted by Crippen LogP contribution is 2.33. The lowest BCUT2D eigenvalue weighted by molar-refractivity contribution is -0.142. The SMILES string of the molecule is Cc1nc(NC2(C(=O)O)CCCCCC2)sc1C. The zero-order valence-electron chi connectivity index (χ0n) is 11.0. The summed E-state index contributed by atoms with van der Waals surface area (Å²) in [5.41, 5.74) is 0.171. The highest BCUT2D eigenvalue weighted by atomic mass is 32.1. The molecule has 0 aliphatic heterocycles. The monoisotopic (exact) mass is 268 g/mol. The fraction of sp³-hybridized carbons (Fsp3) is 0.692. The Hall–Kier alpha value is -1.10. The third-order valence-electron chi connectivity index (χ3n) is 3.74. The fourth-order valence-electron chi connectivity index (χ4n) is 2.46. The van der Waals surface area contributed by atoms with Crippen LogP contribution in [0.3, 0.4) is 0 Å². The topological polar surface area (TPSA) is 62.2 Å². The van der Waals surface area contributed by atoms with Gasteiger partial charge in [-0.2, -0.15) is 0 Å².